The lowest BCUT2D eigenvalue weighted by Gasteiger charge is -2.28. The van der Waals surface area contributed by atoms with Crippen molar-refractivity contribution >= 4 is 10.1 Å². The zero-order valence-electron chi connectivity index (χ0n) is 19.3. The predicted molar refractivity (Wildman–Crippen MR) is 134 cm³/mol. The van der Waals surface area contributed by atoms with Crippen molar-refractivity contribution in [2.45, 2.75) is 30.8 Å². The van der Waals surface area contributed by atoms with Gasteiger partial charge in [0.05, 0.1) is 4.90 Å². The second kappa shape index (κ2) is 9.64. The highest BCUT2D eigenvalue weighted by molar-refractivity contribution is 7.86. The van der Waals surface area contributed by atoms with E-state index in [0.29, 0.717) is 29.7 Å². The molecule has 1 heterocycles. The molecule has 178 valence electrons. The van der Waals surface area contributed by atoms with E-state index in [1.54, 1.807) is 25.1 Å². The third-order valence-corrected chi connectivity index (χ3v) is 7.67. The number of ether oxygens (including phenoxy) is 1. The molecule has 0 bridgehead atoms. The van der Waals surface area contributed by atoms with Gasteiger partial charge in [0, 0.05) is 5.56 Å². The van der Waals surface area contributed by atoms with Crippen molar-refractivity contribution in [2.24, 2.45) is 0 Å². The summed E-state index contributed by atoms with van der Waals surface area (Å²) in [4.78, 5) is 0.149. The Morgan fingerprint density at radius 2 is 1.57 bits per heavy atom. The Morgan fingerprint density at radius 1 is 0.886 bits per heavy atom. The van der Waals surface area contributed by atoms with E-state index in [4.69, 9.17) is 8.92 Å². The van der Waals surface area contributed by atoms with Crippen molar-refractivity contribution < 1.29 is 21.7 Å². The van der Waals surface area contributed by atoms with Gasteiger partial charge in [-0.1, -0.05) is 72.8 Å². The lowest BCUT2D eigenvalue weighted by atomic mass is 9.90. The summed E-state index contributed by atoms with van der Waals surface area (Å²) < 4.78 is 51.8. The first kappa shape index (κ1) is 23.3. The lowest BCUT2D eigenvalue weighted by molar-refractivity contribution is 0.113. The number of halogens is 1. The Hall–Kier alpha value is -3.48. The first-order valence-corrected chi connectivity index (χ1v) is 12.9. The molecule has 0 radical (unpaired) electrons. The van der Waals surface area contributed by atoms with Crippen molar-refractivity contribution in [3.05, 3.63) is 108 Å². The van der Waals surface area contributed by atoms with Gasteiger partial charge in [-0.25, -0.2) is 4.39 Å². The van der Waals surface area contributed by atoms with Gasteiger partial charge in [0.1, 0.15) is 24.3 Å². The molecule has 0 spiro atoms. The van der Waals surface area contributed by atoms with Gasteiger partial charge in [-0.15, -0.1) is 0 Å². The van der Waals surface area contributed by atoms with E-state index >= 15 is 0 Å². The second-order valence-corrected chi connectivity index (χ2v) is 10.2. The van der Waals surface area contributed by atoms with Crippen LogP contribution in [0.4, 0.5) is 4.39 Å². The first-order chi connectivity index (χ1) is 16.9. The van der Waals surface area contributed by atoms with Crippen LogP contribution in [0.3, 0.4) is 0 Å². The summed E-state index contributed by atoms with van der Waals surface area (Å²) in [6.45, 7) is 1.61. The lowest BCUT2D eigenvalue weighted by Crippen LogP contribution is -2.29. The van der Waals surface area contributed by atoms with Crippen molar-refractivity contribution in [1.82, 2.24) is 0 Å². The second-order valence-electron chi connectivity index (χ2n) is 8.64. The van der Waals surface area contributed by atoms with E-state index in [9.17, 15) is 12.8 Å². The van der Waals surface area contributed by atoms with Crippen LogP contribution in [0.15, 0.2) is 95.9 Å². The highest BCUT2D eigenvalue weighted by Crippen LogP contribution is 2.42. The van der Waals surface area contributed by atoms with Gasteiger partial charge in [0.2, 0.25) is 0 Å². The molecule has 4 nitrogen and oxygen atoms in total. The van der Waals surface area contributed by atoms with E-state index in [2.05, 4.69) is 0 Å². The largest absolute Gasteiger partial charge is 0.487 e. The fraction of sp³-hybridized carbons (Fsp3) is 0.172. The molecule has 35 heavy (non-hydrogen) atoms. The number of benzene rings is 4. The third kappa shape index (κ3) is 4.85. The maximum absolute atomic E-state index is 14.6. The predicted octanol–water partition coefficient (Wildman–Crippen LogP) is 6.57. The summed E-state index contributed by atoms with van der Waals surface area (Å²) in [6, 6.07) is 27.4. The van der Waals surface area contributed by atoms with Gasteiger partial charge in [0.25, 0.3) is 10.1 Å². The Kier molecular flexibility index (Phi) is 6.41. The van der Waals surface area contributed by atoms with Crippen LogP contribution in [0.25, 0.3) is 22.3 Å². The molecular weight excluding hydrogens is 463 g/mol. The molecule has 0 aromatic heterocycles. The quantitative estimate of drug-likeness (QED) is 0.288. The Balaban J connectivity index is 1.45. The Labute approximate surface area is 205 Å². The summed E-state index contributed by atoms with van der Waals surface area (Å²) in [5, 5.41) is 0. The van der Waals surface area contributed by atoms with E-state index in [0.717, 1.165) is 22.3 Å². The highest BCUT2D eigenvalue weighted by Gasteiger charge is 2.27. The number of fused-ring (bicyclic) bond motifs is 1. The molecule has 0 fully saturated rings. The third-order valence-electron chi connectivity index (χ3n) is 6.22. The number of aryl methyl sites for hydroxylation is 2. The molecule has 4 aromatic carbocycles. The number of hydrogen-bond acceptors (Lipinski definition) is 4. The molecule has 0 N–H and O–H groups in total. The van der Waals surface area contributed by atoms with Crippen molar-refractivity contribution in [3.63, 3.8) is 0 Å². The molecule has 6 heteroatoms. The summed E-state index contributed by atoms with van der Waals surface area (Å²) in [5.74, 6) is 0.241. The topological polar surface area (TPSA) is 52.6 Å². The maximum atomic E-state index is 14.6. The van der Waals surface area contributed by atoms with E-state index in [1.807, 2.05) is 54.6 Å². The number of rotatable bonds is 6. The normalized spacial score (nSPS) is 15.3. The van der Waals surface area contributed by atoms with E-state index in [1.165, 1.54) is 18.2 Å². The average Bonchev–Trinajstić information content (AvgIpc) is 2.88. The fourth-order valence-electron chi connectivity index (χ4n) is 4.49. The smallest absolute Gasteiger partial charge is 0.297 e. The SMILES string of the molecule is Cc1ccccc1S(=O)(=O)OC[C@H]1CCc2cc(F)cc(-c3ccccc3-c3ccccc3)c2O1. The van der Waals surface area contributed by atoms with E-state index < -0.39 is 16.2 Å². The Morgan fingerprint density at radius 3 is 2.34 bits per heavy atom. The molecule has 0 unspecified atom stereocenters. The molecule has 1 atom stereocenters. The van der Waals surface area contributed by atoms with Crippen LogP contribution >= 0.6 is 0 Å². The van der Waals surface area contributed by atoms with Crippen LogP contribution in [0.2, 0.25) is 0 Å². The summed E-state index contributed by atoms with van der Waals surface area (Å²) in [6.07, 6.45) is 0.611. The van der Waals surface area contributed by atoms with Gasteiger partial charge >= 0.3 is 0 Å². The Bertz CT molecular complexity index is 1470. The zero-order chi connectivity index (χ0) is 24.4. The van der Waals surface area contributed by atoms with Gasteiger partial charge in [-0.3, -0.25) is 4.18 Å². The molecule has 0 amide bonds. The van der Waals surface area contributed by atoms with Crippen molar-refractivity contribution in [3.8, 4) is 28.0 Å². The minimum Gasteiger partial charge on any atom is -0.487 e. The maximum Gasteiger partial charge on any atom is 0.297 e. The summed E-state index contributed by atoms with van der Waals surface area (Å²) in [7, 11) is -3.92. The van der Waals surface area contributed by atoms with Crippen molar-refractivity contribution in [2.75, 3.05) is 6.61 Å². The monoisotopic (exact) mass is 488 g/mol. The van der Waals surface area contributed by atoms with Crippen LogP contribution in [0.5, 0.6) is 5.75 Å². The van der Waals surface area contributed by atoms with E-state index in [-0.39, 0.29) is 17.3 Å². The van der Waals surface area contributed by atoms with Gasteiger partial charge in [-0.05, 0) is 65.8 Å². The molecule has 0 saturated heterocycles. The van der Waals surface area contributed by atoms with Crippen LogP contribution in [0.1, 0.15) is 17.5 Å². The van der Waals surface area contributed by atoms with Gasteiger partial charge in [-0.2, -0.15) is 8.42 Å². The zero-order valence-corrected chi connectivity index (χ0v) is 20.1. The fourth-order valence-corrected chi connectivity index (χ4v) is 5.65. The minimum atomic E-state index is -3.92. The standard InChI is InChI=1S/C29H25FO4S/c1-20-9-5-8-14-28(20)35(31,32)33-19-24-16-15-22-17-23(30)18-27(29(22)34-24)26-13-7-6-12-25(26)21-10-3-2-4-11-21/h2-14,17-18,24H,15-16,19H2,1H3/t24-/m1/s1. The van der Waals surface area contributed by atoms with Gasteiger partial charge < -0.3 is 4.74 Å². The summed E-state index contributed by atoms with van der Waals surface area (Å²) >= 11 is 0. The van der Waals surface area contributed by atoms with Crippen LogP contribution < -0.4 is 4.74 Å². The van der Waals surface area contributed by atoms with Crippen molar-refractivity contribution in [1.29, 1.82) is 0 Å². The minimum absolute atomic E-state index is 0.118. The molecule has 5 rings (SSSR count). The number of hydrogen-bond donors (Lipinski definition) is 0. The molecule has 4 aromatic rings. The molecule has 0 saturated carbocycles. The molecule has 1 aliphatic rings. The molecular formula is C29H25FO4S. The van der Waals surface area contributed by atoms with Crippen LogP contribution in [0, 0.1) is 12.7 Å². The highest BCUT2D eigenvalue weighted by atomic mass is 32.2. The molecule has 0 aliphatic carbocycles. The van der Waals surface area contributed by atoms with Crippen LogP contribution in [-0.2, 0) is 20.7 Å². The molecule has 1 aliphatic heterocycles. The van der Waals surface area contributed by atoms with Gasteiger partial charge in [0.15, 0.2) is 0 Å². The summed E-state index contributed by atoms with van der Waals surface area (Å²) in [5.41, 5.74) is 4.86. The average molecular weight is 489 g/mol. The van der Waals surface area contributed by atoms with Crippen LogP contribution in [-0.4, -0.2) is 21.1 Å². The first-order valence-electron chi connectivity index (χ1n) is 11.5.